The number of nitrogens with one attached hydrogen (secondary N) is 1. The van der Waals surface area contributed by atoms with E-state index in [1.807, 2.05) is 30.8 Å². The zero-order valence-corrected chi connectivity index (χ0v) is 11.5. The molecule has 4 heteroatoms. The van der Waals surface area contributed by atoms with Gasteiger partial charge in [-0.05, 0) is 38.5 Å². The van der Waals surface area contributed by atoms with Gasteiger partial charge in [0, 0.05) is 13.6 Å². The molecule has 0 radical (unpaired) electrons. The summed E-state index contributed by atoms with van der Waals surface area (Å²) in [6.45, 7) is 6.98. The van der Waals surface area contributed by atoms with E-state index in [9.17, 15) is 0 Å². The second-order valence-electron chi connectivity index (χ2n) is 4.66. The second kappa shape index (κ2) is 5.40. The van der Waals surface area contributed by atoms with Crippen LogP contribution in [-0.2, 0) is 20.0 Å². The van der Waals surface area contributed by atoms with Crippen LogP contribution in [0.2, 0.25) is 0 Å². The van der Waals surface area contributed by atoms with Gasteiger partial charge in [-0.1, -0.05) is 6.92 Å². The molecule has 0 saturated heterocycles. The zero-order chi connectivity index (χ0) is 13.1. The molecule has 2 aromatic rings. The maximum Gasteiger partial charge on any atom is 0.120 e. The summed E-state index contributed by atoms with van der Waals surface area (Å²) < 4.78 is 7.54. The summed E-state index contributed by atoms with van der Waals surface area (Å²) in [7, 11) is 1.98. The van der Waals surface area contributed by atoms with Crippen molar-refractivity contribution in [2.24, 2.45) is 7.05 Å². The highest BCUT2D eigenvalue weighted by atomic mass is 16.3. The van der Waals surface area contributed by atoms with E-state index in [2.05, 4.69) is 30.3 Å². The number of furan rings is 1. The number of rotatable bonds is 5. The van der Waals surface area contributed by atoms with Crippen LogP contribution in [-0.4, -0.2) is 9.78 Å². The maximum absolute atomic E-state index is 5.61. The molecule has 0 aliphatic carbocycles. The van der Waals surface area contributed by atoms with E-state index in [0.29, 0.717) is 0 Å². The third-order valence-corrected chi connectivity index (χ3v) is 3.17. The summed E-state index contributed by atoms with van der Waals surface area (Å²) in [5, 5.41) is 7.89. The van der Waals surface area contributed by atoms with Gasteiger partial charge < -0.3 is 9.73 Å². The lowest BCUT2D eigenvalue weighted by atomic mass is 10.2. The fourth-order valence-corrected chi connectivity index (χ4v) is 1.95. The molecule has 0 aromatic carbocycles. The first kappa shape index (κ1) is 12.9. The van der Waals surface area contributed by atoms with Gasteiger partial charge in [-0.15, -0.1) is 0 Å². The van der Waals surface area contributed by atoms with E-state index in [1.165, 1.54) is 5.69 Å². The Morgan fingerprint density at radius 2 is 2.22 bits per heavy atom. The van der Waals surface area contributed by atoms with Gasteiger partial charge in [0.15, 0.2) is 0 Å². The molecule has 1 atom stereocenters. The normalized spacial score (nSPS) is 12.9. The smallest absolute Gasteiger partial charge is 0.120 e. The average Bonchev–Trinajstić information content (AvgIpc) is 2.92. The molecule has 98 valence electrons. The number of hydrogen-bond donors (Lipinski definition) is 1. The molecule has 2 aromatic heterocycles. The highest BCUT2D eigenvalue weighted by Crippen LogP contribution is 2.16. The Hall–Kier alpha value is -1.55. The van der Waals surface area contributed by atoms with E-state index in [0.717, 1.165) is 30.2 Å². The first-order valence-corrected chi connectivity index (χ1v) is 6.41. The Morgan fingerprint density at radius 3 is 2.78 bits per heavy atom. The topological polar surface area (TPSA) is 43.0 Å². The molecule has 0 aliphatic rings. The van der Waals surface area contributed by atoms with Crippen molar-refractivity contribution in [3.63, 3.8) is 0 Å². The molecule has 0 spiro atoms. The molecule has 0 bridgehead atoms. The van der Waals surface area contributed by atoms with Gasteiger partial charge in [0.1, 0.15) is 11.5 Å². The summed E-state index contributed by atoms with van der Waals surface area (Å²) in [6.07, 6.45) is 0.973. The number of hydrogen-bond acceptors (Lipinski definition) is 3. The van der Waals surface area contributed by atoms with Gasteiger partial charge in [-0.2, -0.15) is 5.10 Å². The van der Waals surface area contributed by atoms with E-state index in [4.69, 9.17) is 4.42 Å². The summed E-state index contributed by atoms with van der Waals surface area (Å²) in [5.74, 6) is 1.93. The van der Waals surface area contributed by atoms with Gasteiger partial charge >= 0.3 is 0 Å². The Kier molecular flexibility index (Phi) is 3.87. The van der Waals surface area contributed by atoms with Crippen LogP contribution in [0.4, 0.5) is 0 Å². The first-order valence-electron chi connectivity index (χ1n) is 6.41. The van der Waals surface area contributed by atoms with Crippen molar-refractivity contribution >= 4 is 0 Å². The molecule has 2 rings (SSSR count). The minimum atomic E-state index is 0.207. The predicted molar refractivity (Wildman–Crippen MR) is 71.3 cm³/mol. The lowest BCUT2D eigenvalue weighted by molar-refractivity contribution is 0.412. The van der Waals surface area contributed by atoms with Crippen molar-refractivity contribution in [1.29, 1.82) is 0 Å². The molecule has 4 nitrogen and oxygen atoms in total. The maximum atomic E-state index is 5.61. The minimum Gasteiger partial charge on any atom is -0.465 e. The highest BCUT2D eigenvalue weighted by molar-refractivity contribution is 5.12. The quantitative estimate of drug-likeness (QED) is 0.883. The molecule has 1 unspecified atom stereocenters. The standard InChI is InChI=1S/C14H21N3O/c1-5-12-8-13(17(4)16-12)9-15-11(3)14-7-6-10(2)18-14/h6-8,11,15H,5,9H2,1-4H3. The Balaban J connectivity index is 1.96. The van der Waals surface area contributed by atoms with Crippen LogP contribution >= 0.6 is 0 Å². The zero-order valence-electron chi connectivity index (χ0n) is 11.5. The summed E-state index contributed by atoms with van der Waals surface area (Å²) >= 11 is 0. The SMILES string of the molecule is CCc1cc(CNC(C)c2ccc(C)o2)n(C)n1. The molecule has 2 heterocycles. The van der Waals surface area contributed by atoms with Crippen molar-refractivity contribution < 1.29 is 4.42 Å². The summed E-state index contributed by atoms with van der Waals surface area (Å²) in [5.41, 5.74) is 2.33. The summed E-state index contributed by atoms with van der Waals surface area (Å²) in [6, 6.07) is 6.37. The Bertz CT molecular complexity index is 513. The van der Waals surface area contributed by atoms with E-state index < -0.39 is 0 Å². The molecular weight excluding hydrogens is 226 g/mol. The largest absolute Gasteiger partial charge is 0.465 e. The molecule has 0 fully saturated rings. The van der Waals surface area contributed by atoms with Crippen molar-refractivity contribution in [2.75, 3.05) is 0 Å². The van der Waals surface area contributed by atoms with Crippen LogP contribution in [0.15, 0.2) is 22.6 Å². The predicted octanol–water partition coefficient (Wildman–Crippen LogP) is 2.73. The molecule has 1 N–H and O–H groups in total. The van der Waals surface area contributed by atoms with Crippen LogP contribution in [0.25, 0.3) is 0 Å². The first-order chi connectivity index (χ1) is 8.60. The monoisotopic (exact) mass is 247 g/mol. The van der Waals surface area contributed by atoms with Crippen LogP contribution in [0.1, 0.15) is 42.8 Å². The van der Waals surface area contributed by atoms with Crippen molar-refractivity contribution in [1.82, 2.24) is 15.1 Å². The molecule has 0 amide bonds. The van der Waals surface area contributed by atoms with Gasteiger partial charge in [0.05, 0.1) is 17.4 Å². The minimum absolute atomic E-state index is 0.207. The van der Waals surface area contributed by atoms with Crippen molar-refractivity contribution in [3.05, 3.63) is 41.1 Å². The van der Waals surface area contributed by atoms with E-state index in [1.54, 1.807) is 0 Å². The lowest BCUT2D eigenvalue weighted by Crippen LogP contribution is -2.19. The average molecular weight is 247 g/mol. The number of aryl methyl sites for hydroxylation is 3. The fraction of sp³-hybridized carbons (Fsp3) is 0.500. The molecule has 0 aliphatic heterocycles. The molecule has 18 heavy (non-hydrogen) atoms. The third kappa shape index (κ3) is 2.82. The van der Waals surface area contributed by atoms with E-state index >= 15 is 0 Å². The van der Waals surface area contributed by atoms with Crippen molar-refractivity contribution in [2.45, 2.75) is 39.8 Å². The summed E-state index contributed by atoms with van der Waals surface area (Å²) in [4.78, 5) is 0. The lowest BCUT2D eigenvalue weighted by Gasteiger charge is -2.11. The van der Waals surface area contributed by atoms with Crippen LogP contribution in [0, 0.1) is 6.92 Å². The van der Waals surface area contributed by atoms with Gasteiger partial charge in [0.2, 0.25) is 0 Å². The highest BCUT2D eigenvalue weighted by Gasteiger charge is 2.10. The van der Waals surface area contributed by atoms with Gasteiger partial charge in [0.25, 0.3) is 0 Å². The van der Waals surface area contributed by atoms with Crippen LogP contribution in [0.3, 0.4) is 0 Å². The Morgan fingerprint density at radius 1 is 1.44 bits per heavy atom. The number of aromatic nitrogens is 2. The second-order valence-corrected chi connectivity index (χ2v) is 4.66. The van der Waals surface area contributed by atoms with Gasteiger partial charge in [-0.3, -0.25) is 4.68 Å². The van der Waals surface area contributed by atoms with Gasteiger partial charge in [-0.25, -0.2) is 0 Å². The molecular formula is C14H21N3O. The third-order valence-electron chi connectivity index (χ3n) is 3.17. The van der Waals surface area contributed by atoms with Crippen LogP contribution in [0.5, 0.6) is 0 Å². The van der Waals surface area contributed by atoms with Crippen molar-refractivity contribution in [3.8, 4) is 0 Å². The number of nitrogens with zero attached hydrogens (tertiary/aromatic N) is 2. The van der Waals surface area contributed by atoms with E-state index in [-0.39, 0.29) is 6.04 Å². The Labute approximate surface area is 108 Å². The fourth-order valence-electron chi connectivity index (χ4n) is 1.95. The molecule has 0 saturated carbocycles. The van der Waals surface area contributed by atoms with Crippen LogP contribution < -0.4 is 5.32 Å².